The standard InChI is InChI=1S/C54H36F4N2/c1-33-13-9-11-19-41(33)45-29-37(55)31-47(57)53(45)59(39-15-5-3-6-16-39)49-27-23-35-22-26-44-50(28-24-36-21-25-43(49)51(35)52(36)44)60(40-17-7-4-8-18-40)54-46(30-38(56)32-48(54)58)42-20-12-10-14-34(42)2/h3-32H,1-2H3. The van der Waals surface area contributed by atoms with Crippen molar-refractivity contribution in [2.24, 2.45) is 0 Å². The number of hydrogen-bond acceptors (Lipinski definition) is 2. The highest BCUT2D eigenvalue weighted by molar-refractivity contribution is 6.28. The van der Waals surface area contributed by atoms with Crippen LogP contribution in [0.1, 0.15) is 11.1 Å². The Kier molecular flexibility index (Phi) is 9.06. The molecular weight excluding hydrogens is 753 g/mol. The lowest BCUT2D eigenvalue weighted by Crippen LogP contribution is -2.15. The van der Waals surface area contributed by atoms with E-state index in [0.29, 0.717) is 45.0 Å². The minimum absolute atomic E-state index is 0.221. The van der Waals surface area contributed by atoms with Gasteiger partial charge in [0.15, 0.2) is 11.6 Å². The van der Waals surface area contributed by atoms with Gasteiger partial charge in [-0.1, -0.05) is 121 Å². The van der Waals surface area contributed by atoms with Crippen molar-refractivity contribution in [3.05, 3.63) is 216 Å². The van der Waals surface area contributed by atoms with Crippen LogP contribution in [0.15, 0.2) is 182 Å². The molecule has 2 nitrogen and oxygen atoms in total. The average Bonchev–Trinajstić information content (AvgIpc) is 3.26. The van der Waals surface area contributed by atoms with Gasteiger partial charge in [0.25, 0.3) is 0 Å². The topological polar surface area (TPSA) is 6.48 Å². The zero-order chi connectivity index (χ0) is 41.1. The zero-order valence-corrected chi connectivity index (χ0v) is 32.7. The van der Waals surface area contributed by atoms with Crippen molar-refractivity contribution in [3.63, 3.8) is 0 Å². The quantitative estimate of drug-likeness (QED) is 0.112. The monoisotopic (exact) mass is 788 g/mol. The molecule has 0 aliphatic carbocycles. The Balaban J connectivity index is 1.27. The number of anilines is 6. The van der Waals surface area contributed by atoms with Crippen LogP contribution in [0.25, 0.3) is 54.6 Å². The van der Waals surface area contributed by atoms with Crippen LogP contribution >= 0.6 is 0 Å². The molecule has 0 radical (unpaired) electrons. The highest BCUT2D eigenvalue weighted by atomic mass is 19.1. The molecule has 0 aliphatic heterocycles. The number of rotatable bonds is 8. The van der Waals surface area contributed by atoms with Crippen LogP contribution in [-0.2, 0) is 0 Å². The molecule has 0 unspecified atom stereocenters. The van der Waals surface area contributed by atoms with Gasteiger partial charge in [-0.25, -0.2) is 17.6 Å². The minimum Gasteiger partial charge on any atom is -0.307 e. The van der Waals surface area contributed by atoms with E-state index < -0.39 is 23.3 Å². The van der Waals surface area contributed by atoms with E-state index in [1.54, 1.807) is 0 Å². The van der Waals surface area contributed by atoms with E-state index in [-0.39, 0.29) is 11.4 Å². The molecule has 0 aromatic heterocycles. The minimum atomic E-state index is -0.700. The summed E-state index contributed by atoms with van der Waals surface area (Å²) in [5, 5.41) is 5.44. The predicted molar refractivity (Wildman–Crippen MR) is 240 cm³/mol. The Hall–Kier alpha value is -7.44. The molecule has 60 heavy (non-hydrogen) atoms. The number of nitrogens with zero attached hydrogens (tertiary/aromatic N) is 2. The van der Waals surface area contributed by atoms with E-state index >= 15 is 17.6 Å². The summed E-state index contributed by atoms with van der Waals surface area (Å²) in [5.41, 5.74) is 7.26. The fraction of sp³-hybridized carbons (Fsp3) is 0.0370. The maximum absolute atomic E-state index is 16.7. The third-order valence-corrected chi connectivity index (χ3v) is 11.5. The molecule has 0 atom stereocenters. The van der Waals surface area contributed by atoms with Gasteiger partial charge in [0.2, 0.25) is 0 Å². The molecule has 0 heterocycles. The number of hydrogen-bond donors (Lipinski definition) is 0. The van der Waals surface area contributed by atoms with Crippen molar-refractivity contribution in [3.8, 4) is 22.3 Å². The van der Waals surface area contributed by atoms with Gasteiger partial charge in [-0.15, -0.1) is 0 Å². The fourth-order valence-electron chi connectivity index (χ4n) is 8.84. The smallest absolute Gasteiger partial charge is 0.150 e. The van der Waals surface area contributed by atoms with Gasteiger partial charge < -0.3 is 9.80 Å². The van der Waals surface area contributed by atoms with Gasteiger partial charge in [0.05, 0.1) is 22.7 Å². The van der Waals surface area contributed by atoms with Gasteiger partial charge in [0, 0.05) is 45.4 Å². The second-order valence-corrected chi connectivity index (χ2v) is 15.1. The SMILES string of the molecule is Cc1ccccc1-c1cc(F)cc(F)c1N(c1ccccc1)c1ccc2ccc3c(N(c4ccccc4)c4c(F)cc(F)cc4-c4ccccc4C)ccc4ccc1c2c43. The Bertz CT molecular complexity index is 3020. The number of para-hydroxylation sites is 2. The number of aryl methyl sites for hydroxylation is 2. The molecule has 0 spiro atoms. The first-order valence-electron chi connectivity index (χ1n) is 19.8. The van der Waals surface area contributed by atoms with Crippen LogP contribution < -0.4 is 9.80 Å². The lowest BCUT2D eigenvalue weighted by Gasteiger charge is -2.31. The third-order valence-electron chi connectivity index (χ3n) is 11.5. The normalized spacial score (nSPS) is 11.5. The molecule has 0 bridgehead atoms. The maximum atomic E-state index is 16.7. The second kappa shape index (κ2) is 14.7. The van der Waals surface area contributed by atoms with E-state index in [1.165, 1.54) is 12.1 Å². The highest BCUT2D eigenvalue weighted by Gasteiger charge is 2.28. The summed E-state index contributed by atoms with van der Waals surface area (Å²) in [6, 6.07) is 55.2. The molecule has 10 aromatic carbocycles. The summed E-state index contributed by atoms with van der Waals surface area (Å²) in [4.78, 5) is 3.75. The zero-order valence-electron chi connectivity index (χ0n) is 32.7. The third kappa shape index (κ3) is 6.11. The van der Waals surface area contributed by atoms with Crippen LogP contribution in [0.2, 0.25) is 0 Å². The van der Waals surface area contributed by atoms with E-state index in [4.69, 9.17) is 0 Å². The van der Waals surface area contributed by atoms with Crippen molar-refractivity contribution in [2.75, 3.05) is 9.80 Å². The lowest BCUT2D eigenvalue weighted by molar-refractivity contribution is 0.584. The van der Waals surface area contributed by atoms with Crippen molar-refractivity contribution in [1.29, 1.82) is 0 Å². The molecule has 0 saturated carbocycles. The van der Waals surface area contributed by atoms with Crippen LogP contribution in [0.3, 0.4) is 0 Å². The fourth-order valence-corrected chi connectivity index (χ4v) is 8.84. The Morgan fingerprint density at radius 1 is 0.350 bits per heavy atom. The van der Waals surface area contributed by atoms with E-state index in [2.05, 4.69) is 12.1 Å². The molecular formula is C54H36F4N2. The summed E-state index contributed by atoms with van der Waals surface area (Å²) in [7, 11) is 0. The molecule has 290 valence electrons. The first kappa shape index (κ1) is 36.9. The lowest BCUT2D eigenvalue weighted by atomic mass is 9.91. The Morgan fingerprint density at radius 3 is 1.12 bits per heavy atom. The van der Waals surface area contributed by atoms with Gasteiger partial charge in [0.1, 0.15) is 11.6 Å². The summed E-state index contributed by atoms with van der Waals surface area (Å²) >= 11 is 0. The number of halogens is 4. The average molecular weight is 789 g/mol. The Morgan fingerprint density at radius 2 is 0.717 bits per heavy atom. The molecule has 0 saturated heterocycles. The van der Waals surface area contributed by atoms with Crippen LogP contribution in [0, 0.1) is 37.1 Å². The summed E-state index contributed by atoms with van der Waals surface area (Å²) in [5.74, 6) is -2.74. The first-order valence-corrected chi connectivity index (χ1v) is 19.8. The van der Waals surface area contributed by atoms with Crippen molar-refractivity contribution >= 4 is 66.4 Å². The summed E-state index contributed by atoms with van der Waals surface area (Å²) in [6.07, 6.45) is 0. The first-order chi connectivity index (χ1) is 29.3. The van der Waals surface area contributed by atoms with E-state index in [9.17, 15) is 0 Å². The van der Waals surface area contributed by atoms with Gasteiger partial charge >= 0.3 is 0 Å². The van der Waals surface area contributed by atoms with Crippen LogP contribution in [0.4, 0.5) is 51.7 Å². The van der Waals surface area contributed by atoms with Crippen molar-refractivity contribution in [2.45, 2.75) is 13.8 Å². The highest BCUT2D eigenvalue weighted by Crippen LogP contribution is 2.51. The molecule has 6 heteroatoms. The molecule has 0 fully saturated rings. The van der Waals surface area contributed by atoms with Crippen molar-refractivity contribution < 1.29 is 17.6 Å². The predicted octanol–water partition coefficient (Wildman–Crippen LogP) is 16.0. The van der Waals surface area contributed by atoms with Gasteiger partial charge in [-0.05, 0) is 106 Å². The summed E-state index contributed by atoms with van der Waals surface area (Å²) < 4.78 is 63.9. The molecule has 0 amide bonds. The second-order valence-electron chi connectivity index (χ2n) is 15.1. The maximum Gasteiger partial charge on any atom is 0.150 e. The van der Waals surface area contributed by atoms with Crippen LogP contribution in [0.5, 0.6) is 0 Å². The number of benzene rings is 10. The molecule has 10 aromatic rings. The van der Waals surface area contributed by atoms with Gasteiger partial charge in [-0.2, -0.15) is 0 Å². The van der Waals surface area contributed by atoms with Crippen LogP contribution in [-0.4, -0.2) is 0 Å². The summed E-state index contributed by atoms with van der Waals surface area (Å²) in [6.45, 7) is 3.87. The Labute approximate surface area is 345 Å². The molecule has 0 N–H and O–H groups in total. The molecule has 10 rings (SSSR count). The van der Waals surface area contributed by atoms with E-state index in [0.717, 1.165) is 55.6 Å². The van der Waals surface area contributed by atoms with Crippen molar-refractivity contribution in [1.82, 2.24) is 0 Å². The van der Waals surface area contributed by atoms with Gasteiger partial charge in [-0.3, -0.25) is 0 Å². The largest absolute Gasteiger partial charge is 0.307 e. The molecule has 0 aliphatic rings. The van der Waals surface area contributed by atoms with E-state index in [1.807, 2.05) is 169 Å².